The molecule has 0 saturated heterocycles. The van der Waals surface area contributed by atoms with E-state index in [1.807, 2.05) is 0 Å². The first-order chi connectivity index (χ1) is 15.5. The third-order valence-electron chi connectivity index (χ3n) is 4.34. The summed E-state index contributed by atoms with van der Waals surface area (Å²) >= 11 is 5.89. The minimum absolute atomic E-state index is 0.0418. The molecule has 172 valence electrons. The number of sulfonamides is 1. The van der Waals surface area contributed by atoms with Gasteiger partial charge in [-0.15, -0.1) is 0 Å². The van der Waals surface area contributed by atoms with Crippen molar-refractivity contribution in [3.63, 3.8) is 0 Å². The van der Waals surface area contributed by atoms with Crippen molar-refractivity contribution in [1.29, 1.82) is 0 Å². The molecule has 11 heteroatoms. The summed E-state index contributed by atoms with van der Waals surface area (Å²) in [5, 5.41) is 4.34. The van der Waals surface area contributed by atoms with Crippen molar-refractivity contribution in [2.24, 2.45) is 5.10 Å². The van der Waals surface area contributed by atoms with Crippen LogP contribution in [0.5, 0.6) is 0 Å². The second-order valence-corrected chi connectivity index (χ2v) is 8.93. The van der Waals surface area contributed by atoms with Crippen molar-refractivity contribution in [2.45, 2.75) is 17.5 Å². The molecule has 3 rings (SSSR count). The predicted molar refractivity (Wildman–Crippen MR) is 120 cm³/mol. The topological polar surface area (TPSA) is 87.6 Å². The van der Waals surface area contributed by atoms with Gasteiger partial charge in [-0.05, 0) is 48.0 Å². The van der Waals surface area contributed by atoms with Crippen LogP contribution in [0.2, 0.25) is 5.02 Å². The van der Waals surface area contributed by atoms with Crippen LogP contribution >= 0.6 is 11.6 Å². The fourth-order valence-electron chi connectivity index (χ4n) is 2.77. The quantitative estimate of drug-likeness (QED) is 0.363. The molecular formula is C22H17ClF3N3O3S. The normalized spacial score (nSPS) is 12.0. The number of carbonyl (C=O) groups is 1. The number of halogens is 4. The number of anilines is 1. The van der Waals surface area contributed by atoms with Crippen LogP contribution in [0.15, 0.2) is 82.8 Å². The van der Waals surface area contributed by atoms with E-state index in [0.717, 1.165) is 12.1 Å². The molecule has 0 heterocycles. The van der Waals surface area contributed by atoms with Crippen LogP contribution in [0.4, 0.5) is 18.9 Å². The van der Waals surface area contributed by atoms with Crippen LogP contribution in [0, 0.1) is 0 Å². The second-order valence-electron chi connectivity index (χ2n) is 6.81. The van der Waals surface area contributed by atoms with Crippen molar-refractivity contribution in [2.75, 3.05) is 4.72 Å². The summed E-state index contributed by atoms with van der Waals surface area (Å²) in [6, 6.07) is 16.1. The Balaban J connectivity index is 1.70. The molecule has 6 nitrogen and oxygen atoms in total. The van der Waals surface area contributed by atoms with Gasteiger partial charge in [0.15, 0.2) is 0 Å². The van der Waals surface area contributed by atoms with Gasteiger partial charge in [0.2, 0.25) is 5.91 Å². The number of para-hydroxylation sites is 1. The number of hydrazone groups is 1. The molecule has 0 saturated carbocycles. The van der Waals surface area contributed by atoms with Crippen LogP contribution in [-0.4, -0.2) is 20.5 Å². The second kappa shape index (κ2) is 10.1. The van der Waals surface area contributed by atoms with Crippen molar-refractivity contribution in [3.05, 3.63) is 94.5 Å². The summed E-state index contributed by atoms with van der Waals surface area (Å²) in [5.74, 6) is -0.406. The van der Waals surface area contributed by atoms with Gasteiger partial charge in [0.25, 0.3) is 10.0 Å². The average molecular weight is 496 g/mol. The van der Waals surface area contributed by atoms with Crippen molar-refractivity contribution in [1.82, 2.24) is 5.43 Å². The molecule has 2 N–H and O–H groups in total. The molecule has 0 unspecified atom stereocenters. The monoisotopic (exact) mass is 495 g/mol. The molecule has 0 atom stereocenters. The molecule has 0 fully saturated rings. The molecule has 3 aromatic rings. The Morgan fingerprint density at radius 2 is 1.70 bits per heavy atom. The number of rotatable bonds is 7. The molecule has 0 spiro atoms. The third kappa shape index (κ3) is 6.80. The zero-order chi connectivity index (χ0) is 24.1. The standard InChI is InChI=1S/C22H17ClF3N3O3S/c23-18-6-3-4-15(12-18)13-21(30)28-27-14-16-5-1-2-7-20(16)29-33(31,32)19-10-8-17(9-11-19)22(24,25)26/h1-12,14,29H,13H2,(H,28,30). The summed E-state index contributed by atoms with van der Waals surface area (Å²) in [7, 11) is -4.16. The number of hydrogen-bond donors (Lipinski definition) is 2. The lowest BCUT2D eigenvalue weighted by Crippen LogP contribution is -2.20. The fourth-order valence-corrected chi connectivity index (χ4v) is 4.08. The zero-order valence-electron chi connectivity index (χ0n) is 16.8. The number of alkyl halides is 3. The van der Waals surface area contributed by atoms with Crippen molar-refractivity contribution in [3.8, 4) is 0 Å². The maximum Gasteiger partial charge on any atom is 0.416 e. The van der Waals surface area contributed by atoms with Crippen LogP contribution in [0.3, 0.4) is 0 Å². The highest BCUT2D eigenvalue weighted by atomic mass is 35.5. The first-order valence-electron chi connectivity index (χ1n) is 9.40. The van der Waals surface area contributed by atoms with E-state index < -0.39 is 27.7 Å². The van der Waals surface area contributed by atoms with Gasteiger partial charge in [0.05, 0.1) is 28.8 Å². The highest BCUT2D eigenvalue weighted by Gasteiger charge is 2.30. The van der Waals surface area contributed by atoms with Gasteiger partial charge in [-0.2, -0.15) is 18.3 Å². The van der Waals surface area contributed by atoms with Crippen molar-refractivity contribution >= 4 is 39.4 Å². The van der Waals surface area contributed by atoms with Crippen LogP contribution in [0.25, 0.3) is 0 Å². The lowest BCUT2D eigenvalue weighted by atomic mass is 10.1. The van der Waals surface area contributed by atoms with Crippen LogP contribution < -0.4 is 10.1 Å². The number of amides is 1. The zero-order valence-corrected chi connectivity index (χ0v) is 18.4. The lowest BCUT2D eigenvalue weighted by Gasteiger charge is -2.12. The van der Waals surface area contributed by atoms with Crippen LogP contribution in [0.1, 0.15) is 16.7 Å². The molecule has 33 heavy (non-hydrogen) atoms. The maximum atomic E-state index is 12.7. The van der Waals surface area contributed by atoms with Gasteiger partial charge in [0, 0.05) is 10.6 Å². The van der Waals surface area contributed by atoms with E-state index >= 15 is 0 Å². The SMILES string of the molecule is O=C(Cc1cccc(Cl)c1)NN=Cc1ccccc1NS(=O)(=O)c1ccc(C(F)(F)F)cc1. The van der Waals surface area contributed by atoms with E-state index in [1.165, 1.54) is 12.3 Å². The molecule has 0 aromatic heterocycles. The van der Waals surface area contributed by atoms with Gasteiger partial charge in [0.1, 0.15) is 0 Å². The summed E-state index contributed by atoms with van der Waals surface area (Å²) < 4.78 is 65.7. The van der Waals surface area contributed by atoms with E-state index in [2.05, 4.69) is 15.2 Å². The molecule has 0 aliphatic heterocycles. The highest BCUT2D eigenvalue weighted by molar-refractivity contribution is 7.92. The van der Waals surface area contributed by atoms with Gasteiger partial charge < -0.3 is 0 Å². The Labute approximate surface area is 193 Å². The number of nitrogens with zero attached hydrogens (tertiary/aromatic N) is 1. The Morgan fingerprint density at radius 1 is 1.00 bits per heavy atom. The number of benzene rings is 3. The Bertz CT molecular complexity index is 1280. The lowest BCUT2D eigenvalue weighted by molar-refractivity contribution is -0.137. The Kier molecular flexibility index (Phi) is 7.39. The number of hydrogen-bond acceptors (Lipinski definition) is 4. The number of nitrogens with one attached hydrogen (secondary N) is 2. The molecule has 0 aliphatic carbocycles. The maximum absolute atomic E-state index is 12.7. The minimum Gasteiger partial charge on any atom is -0.279 e. The van der Waals surface area contributed by atoms with E-state index in [1.54, 1.807) is 42.5 Å². The van der Waals surface area contributed by atoms with Gasteiger partial charge in [-0.3, -0.25) is 9.52 Å². The molecule has 3 aromatic carbocycles. The van der Waals surface area contributed by atoms with E-state index in [9.17, 15) is 26.4 Å². The molecule has 1 amide bonds. The van der Waals surface area contributed by atoms with E-state index in [0.29, 0.717) is 28.3 Å². The smallest absolute Gasteiger partial charge is 0.279 e. The Hall–Kier alpha value is -3.37. The summed E-state index contributed by atoms with van der Waals surface area (Å²) in [6.45, 7) is 0. The third-order valence-corrected chi connectivity index (χ3v) is 5.96. The molecule has 0 aliphatic rings. The molecule has 0 bridgehead atoms. The van der Waals surface area contributed by atoms with Crippen LogP contribution in [-0.2, 0) is 27.4 Å². The summed E-state index contributed by atoms with van der Waals surface area (Å²) in [4.78, 5) is 11.7. The Morgan fingerprint density at radius 3 is 2.36 bits per heavy atom. The van der Waals surface area contributed by atoms with E-state index in [-0.39, 0.29) is 17.0 Å². The largest absolute Gasteiger partial charge is 0.416 e. The number of carbonyl (C=O) groups excluding carboxylic acids is 1. The van der Waals surface area contributed by atoms with Gasteiger partial charge >= 0.3 is 6.18 Å². The first kappa shape index (κ1) is 24.3. The predicted octanol–water partition coefficient (Wildman–Crippen LogP) is 4.85. The highest BCUT2D eigenvalue weighted by Crippen LogP contribution is 2.30. The fraction of sp³-hybridized carbons (Fsp3) is 0.0909. The average Bonchev–Trinajstić information content (AvgIpc) is 2.74. The van der Waals surface area contributed by atoms with Crippen molar-refractivity contribution < 1.29 is 26.4 Å². The summed E-state index contributed by atoms with van der Waals surface area (Å²) in [6.07, 6.45) is -3.28. The van der Waals surface area contributed by atoms with Gasteiger partial charge in [-0.1, -0.05) is 41.9 Å². The molecule has 0 radical (unpaired) electrons. The summed E-state index contributed by atoms with van der Waals surface area (Å²) in [5.41, 5.74) is 2.54. The van der Waals surface area contributed by atoms with E-state index in [4.69, 9.17) is 11.6 Å². The molecular weight excluding hydrogens is 479 g/mol. The minimum atomic E-state index is -4.57. The first-order valence-corrected chi connectivity index (χ1v) is 11.3. The van der Waals surface area contributed by atoms with Gasteiger partial charge in [-0.25, -0.2) is 13.8 Å².